The number of carbonyl (C=O) groups is 1. The van der Waals surface area contributed by atoms with E-state index < -0.39 is 53.7 Å². The lowest BCUT2D eigenvalue weighted by molar-refractivity contribution is 0.0695. The summed E-state index contributed by atoms with van der Waals surface area (Å²) in [5.74, 6) is -2.85. The molecule has 106 valence electrons. The summed E-state index contributed by atoms with van der Waals surface area (Å²) in [7, 11) is -4.92. The number of carboxylic acids is 1. The number of benzene rings is 1. The SMILES string of the molecule is O=C(O)c1c[nH]c2c(S(=O)(=O)O)c(Cl)c(F)cc2c1=O. The first-order valence-corrected chi connectivity index (χ1v) is 6.70. The molecular weight excluding hydrogens is 317 g/mol. The second kappa shape index (κ2) is 4.54. The highest BCUT2D eigenvalue weighted by Crippen LogP contribution is 2.30. The van der Waals surface area contributed by atoms with Gasteiger partial charge < -0.3 is 10.1 Å². The fraction of sp³-hybridized carbons (Fsp3) is 0. The summed E-state index contributed by atoms with van der Waals surface area (Å²) in [5, 5.41) is 7.31. The number of halogens is 2. The first-order chi connectivity index (χ1) is 9.14. The zero-order valence-corrected chi connectivity index (χ0v) is 10.9. The Morgan fingerprint density at radius 3 is 2.50 bits per heavy atom. The van der Waals surface area contributed by atoms with Crippen molar-refractivity contribution < 1.29 is 27.3 Å². The molecule has 0 saturated heterocycles. The van der Waals surface area contributed by atoms with Gasteiger partial charge in [0.2, 0.25) is 5.43 Å². The van der Waals surface area contributed by atoms with Crippen molar-refractivity contribution in [3.05, 3.63) is 38.9 Å². The topological polar surface area (TPSA) is 125 Å². The van der Waals surface area contributed by atoms with E-state index in [9.17, 15) is 22.4 Å². The molecular formula is C10H5ClFNO6S. The van der Waals surface area contributed by atoms with Crippen LogP contribution in [0.3, 0.4) is 0 Å². The number of hydrogen-bond donors (Lipinski definition) is 3. The predicted octanol–water partition coefficient (Wildman–Crippen LogP) is 1.27. The molecule has 3 N–H and O–H groups in total. The Hall–Kier alpha value is -1.97. The zero-order chi connectivity index (χ0) is 15.2. The number of fused-ring (bicyclic) bond motifs is 1. The van der Waals surface area contributed by atoms with Crippen LogP contribution >= 0.6 is 11.6 Å². The maximum atomic E-state index is 13.5. The maximum Gasteiger partial charge on any atom is 0.341 e. The Bertz CT molecular complexity index is 904. The van der Waals surface area contributed by atoms with E-state index in [-0.39, 0.29) is 0 Å². The van der Waals surface area contributed by atoms with E-state index in [2.05, 4.69) is 4.98 Å². The number of nitrogens with one attached hydrogen (secondary N) is 1. The van der Waals surface area contributed by atoms with Crippen LogP contribution < -0.4 is 5.43 Å². The van der Waals surface area contributed by atoms with Crippen LogP contribution in [0.1, 0.15) is 10.4 Å². The van der Waals surface area contributed by atoms with Gasteiger partial charge in [-0.05, 0) is 6.07 Å². The van der Waals surface area contributed by atoms with E-state index in [0.29, 0.717) is 6.07 Å². The van der Waals surface area contributed by atoms with Crippen molar-refractivity contribution in [3.63, 3.8) is 0 Å². The molecule has 2 rings (SSSR count). The summed E-state index contributed by atoms with van der Waals surface area (Å²) < 4.78 is 45.0. The Balaban J connectivity index is 3.11. The minimum atomic E-state index is -4.92. The molecule has 0 atom stereocenters. The fourth-order valence-corrected chi connectivity index (χ4v) is 2.87. The third-order valence-electron chi connectivity index (χ3n) is 2.51. The van der Waals surface area contributed by atoms with Gasteiger partial charge >= 0.3 is 5.97 Å². The number of aromatic nitrogens is 1. The van der Waals surface area contributed by atoms with Crippen LogP contribution in [0.25, 0.3) is 10.9 Å². The summed E-state index contributed by atoms with van der Waals surface area (Å²) in [5.41, 5.74) is -2.29. The van der Waals surface area contributed by atoms with Gasteiger partial charge in [-0.3, -0.25) is 9.35 Å². The molecule has 0 fully saturated rings. The number of carboxylic acid groups (broad SMARTS) is 1. The molecule has 0 amide bonds. The Labute approximate surface area is 115 Å². The van der Waals surface area contributed by atoms with Gasteiger partial charge in [0, 0.05) is 6.20 Å². The van der Waals surface area contributed by atoms with E-state index in [4.69, 9.17) is 21.3 Å². The summed E-state index contributed by atoms with van der Waals surface area (Å²) >= 11 is 5.46. The molecule has 0 aliphatic heterocycles. The maximum absolute atomic E-state index is 13.5. The van der Waals surface area contributed by atoms with Crippen LogP contribution in [-0.4, -0.2) is 29.0 Å². The Kier molecular flexibility index (Phi) is 3.28. The van der Waals surface area contributed by atoms with Crippen molar-refractivity contribution in [1.82, 2.24) is 4.98 Å². The summed E-state index contributed by atoms with van der Waals surface area (Å²) in [6.07, 6.45) is 0.732. The highest BCUT2D eigenvalue weighted by atomic mass is 35.5. The van der Waals surface area contributed by atoms with Gasteiger partial charge in [0.25, 0.3) is 10.1 Å². The van der Waals surface area contributed by atoms with Gasteiger partial charge in [-0.25, -0.2) is 9.18 Å². The van der Waals surface area contributed by atoms with Gasteiger partial charge in [0.15, 0.2) is 0 Å². The number of hydrogen-bond acceptors (Lipinski definition) is 4. The van der Waals surface area contributed by atoms with Gasteiger partial charge in [-0.2, -0.15) is 8.42 Å². The monoisotopic (exact) mass is 321 g/mol. The number of aromatic carboxylic acids is 1. The molecule has 7 nitrogen and oxygen atoms in total. The highest BCUT2D eigenvalue weighted by molar-refractivity contribution is 7.86. The summed E-state index contributed by atoms with van der Waals surface area (Å²) in [4.78, 5) is 23.8. The van der Waals surface area contributed by atoms with E-state index in [0.717, 1.165) is 6.20 Å². The molecule has 0 saturated carbocycles. The van der Waals surface area contributed by atoms with Gasteiger partial charge in [-0.15, -0.1) is 0 Å². The average Bonchev–Trinajstić information content (AvgIpc) is 2.30. The van der Waals surface area contributed by atoms with Crippen LogP contribution in [0.15, 0.2) is 22.0 Å². The molecule has 0 bridgehead atoms. The average molecular weight is 322 g/mol. The van der Waals surface area contributed by atoms with E-state index in [1.165, 1.54) is 0 Å². The standard InChI is InChI=1S/C10H5ClFNO6S/c11-6-5(12)1-3-7(9(6)20(17,18)19)13-2-4(8(3)14)10(15)16/h1-2H,(H,13,14)(H,15,16)(H,17,18,19). The first-order valence-electron chi connectivity index (χ1n) is 4.88. The molecule has 1 heterocycles. The fourth-order valence-electron chi connectivity index (χ4n) is 1.68. The third kappa shape index (κ3) is 2.15. The summed E-state index contributed by atoms with van der Waals surface area (Å²) in [6.45, 7) is 0. The molecule has 1 aromatic carbocycles. The van der Waals surface area contributed by atoms with Crippen molar-refractivity contribution in [2.45, 2.75) is 4.90 Å². The first kappa shape index (κ1) is 14.4. The molecule has 0 radical (unpaired) electrons. The zero-order valence-electron chi connectivity index (χ0n) is 9.35. The van der Waals surface area contributed by atoms with Crippen molar-refractivity contribution >= 4 is 38.6 Å². The van der Waals surface area contributed by atoms with Crippen LogP contribution in [0.4, 0.5) is 4.39 Å². The molecule has 1 aromatic heterocycles. The molecule has 10 heteroatoms. The predicted molar refractivity (Wildman–Crippen MR) is 66.3 cm³/mol. The molecule has 0 unspecified atom stereocenters. The summed E-state index contributed by atoms with van der Waals surface area (Å²) in [6, 6.07) is 0.595. The quantitative estimate of drug-likeness (QED) is 0.715. The Morgan fingerprint density at radius 1 is 1.40 bits per heavy atom. The number of rotatable bonds is 2. The number of H-pyrrole nitrogens is 1. The van der Waals surface area contributed by atoms with Crippen LogP contribution in [0, 0.1) is 5.82 Å². The molecule has 20 heavy (non-hydrogen) atoms. The molecule has 0 aliphatic rings. The van der Waals surface area contributed by atoms with E-state index in [1.54, 1.807) is 0 Å². The van der Waals surface area contributed by atoms with E-state index in [1.807, 2.05) is 0 Å². The van der Waals surface area contributed by atoms with Crippen molar-refractivity contribution in [2.75, 3.05) is 0 Å². The lowest BCUT2D eigenvalue weighted by Gasteiger charge is -2.07. The number of aromatic amines is 1. The smallest absolute Gasteiger partial charge is 0.341 e. The molecule has 0 spiro atoms. The van der Waals surface area contributed by atoms with Gasteiger partial charge in [0.05, 0.1) is 15.9 Å². The van der Waals surface area contributed by atoms with Gasteiger partial charge in [0.1, 0.15) is 16.3 Å². The molecule has 2 aromatic rings. The van der Waals surface area contributed by atoms with Crippen molar-refractivity contribution in [3.8, 4) is 0 Å². The number of pyridine rings is 1. The van der Waals surface area contributed by atoms with Gasteiger partial charge in [-0.1, -0.05) is 11.6 Å². The highest BCUT2D eigenvalue weighted by Gasteiger charge is 2.25. The second-order valence-electron chi connectivity index (χ2n) is 3.74. The van der Waals surface area contributed by atoms with Crippen molar-refractivity contribution in [1.29, 1.82) is 0 Å². The third-order valence-corrected chi connectivity index (χ3v) is 3.92. The van der Waals surface area contributed by atoms with Crippen LogP contribution in [-0.2, 0) is 10.1 Å². The Morgan fingerprint density at radius 2 is 2.00 bits per heavy atom. The second-order valence-corrected chi connectivity index (χ2v) is 5.47. The lowest BCUT2D eigenvalue weighted by atomic mass is 10.1. The largest absolute Gasteiger partial charge is 0.477 e. The molecule has 0 aliphatic carbocycles. The van der Waals surface area contributed by atoms with Crippen LogP contribution in [0.2, 0.25) is 5.02 Å². The minimum Gasteiger partial charge on any atom is -0.477 e. The van der Waals surface area contributed by atoms with E-state index >= 15 is 0 Å². The minimum absolute atomic E-state index is 0.478. The van der Waals surface area contributed by atoms with Crippen molar-refractivity contribution in [2.24, 2.45) is 0 Å². The van der Waals surface area contributed by atoms with Crippen LogP contribution in [0.5, 0.6) is 0 Å². The lowest BCUT2D eigenvalue weighted by Crippen LogP contribution is -2.17. The normalized spacial score (nSPS) is 11.8.